The highest BCUT2D eigenvalue weighted by atomic mass is 35.5. The van der Waals surface area contributed by atoms with E-state index >= 15 is 0 Å². The molecule has 150 valence electrons. The van der Waals surface area contributed by atoms with Gasteiger partial charge in [0.05, 0.1) is 23.0 Å². The lowest BCUT2D eigenvalue weighted by atomic mass is 10.2. The molecule has 0 radical (unpaired) electrons. The van der Waals surface area contributed by atoms with E-state index in [4.69, 9.17) is 16.3 Å². The number of morpholine rings is 1. The molecule has 2 aromatic carbocycles. The summed E-state index contributed by atoms with van der Waals surface area (Å²) in [6, 6.07) is 11.2. The Bertz CT molecular complexity index is 977. The monoisotopic (exact) mass is 425 g/mol. The van der Waals surface area contributed by atoms with Crippen molar-refractivity contribution in [2.45, 2.75) is 11.4 Å². The van der Waals surface area contributed by atoms with Gasteiger partial charge in [-0.1, -0.05) is 29.8 Å². The van der Waals surface area contributed by atoms with Crippen LogP contribution in [-0.4, -0.2) is 51.0 Å². The van der Waals surface area contributed by atoms with Crippen molar-refractivity contribution in [2.24, 2.45) is 0 Å². The first-order valence-electron chi connectivity index (χ1n) is 8.61. The van der Waals surface area contributed by atoms with Crippen molar-refractivity contribution in [3.8, 4) is 0 Å². The lowest BCUT2D eigenvalue weighted by Crippen LogP contribution is -2.40. The minimum Gasteiger partial charge on any atom is -0.379 e. The summed E-state index contributed by atoms with van der Waals surface area (Å²) in [4.78, 5) is 12.6. The zero-order valence-electron chi connectivity index (χ0n) is 15.2. The maximum Gasteiger partial charge on any atom is 0.293 e. The molecule has 0 aliphatic carbocycles. The highest BCUT2D eigenvalue weighted by molar-refractivity contribution is 7.89. The van der Waals surface area contributed by atoms with E-state index in [1.165, 1.54) is 16.4 Å². The fourth-order valence-corrected chi connectivity index (χ4v) is 4.66. The molecule has 1 saturated heterocycles. The van der Waals surface area contributed by atoms with Gasteiger partial charge < -0.3 is 9.64 Å². The van der Waals surface area contributed by atoms with E-state index in [2.05, 4.69) is 0 Å². The Morgan fingerprint density at radius 1 is 1.21 bits per heavy atom. The average Bonchev–Trinajstić information content (AvgIpc) is 2.69. The molecule has 0 saturated carbocycles. The second kappa shape index (κ2) is 8.44. The molecule has 10 heteroatoms. The van der Waals surface area contributed by atoms with Gasteiger partial charge in [-0.2, -0.15) is 4.31 Å². The van der Waals surface area contributed by atoms with Gasteiger partial charge in [0, 0.05) is 37.8 Å². The number of rotatable bonds is 6. The van der Waals surface area contributed by atoms with Crippen LogP contribution in [0.3, 0.4) is 0 Å². The quantitative estimate of drug-likeness (QED) is 0.521. The standard InChI is InChI=1S/C18H20ClN3O5S/c1-20(13-14-4-2-3-5-16(14)19)17-7-6-15(12-18(17)22(23)24)28(25,26)21-8-10-27-11-9-21/h2-7,12H,8-11,13H2,1H3. The first kappa shape index (κ1) is 20.5. The highest BCUT2D eigenvalue weighted by Gasteiger charge is 2.29. The van der Waals surface area contributed by atoms with Crippen LogP contribution in [0.4, 0.5) is 11.4 Å². The third-order valence-corrected chi connectivity index (χ3v) is 6.79. The van der Waals surface area contributed by atoms with Gasteiger partial charge in [0.2, 0.25) is 10.0 Å². The topological polar surface area (TPSA) is 93.0 Å². The number of nitro groups is 1. The molecule has 0 amide bonds. The number of halogens is 1. The predicted octanol–water partition coefficient (Wildman–Crippen LogP) is 2.91. The van der Waals surface area contributed by atoms with Gasteiger partial charge in [0.25, 0.3) is 5.69 Å². The molecule has 28 heavy (non-hydrogen) atoms. The minimum atomic E-state index is -3.82. The van der Waals surface area contributed by atoms with Crippen LogP contribution in [0.5, 0.6) is 0 Å². The van der Waals surface area contributed by atoms with Gasteiger partial charge in [0.1, 0.15) is 5.69 Å². The Morgan fingerprint density at radius 2 is 1.89 bits per heavy atom. The summed E-state index contributed by atoms with van der Waals surface area (Å²) in [6.45, 7) is 1.41. The van der Waals surface area contributed by atoms with Crippen LogP contribution in [0, 0.1) is 10.1 Å². The van der Waals surface area contributed by atoms with Crippen LogP contribution in [-0.2, 0) is 21.3 Å². The van der Waals surface area contributed by atoms with Crippen molar-refractivity contribution in [3.63, 3.8) is 0 Å². The maximum absolute atomic E-state index is 12.8. The Labute approximate surface area is 168 Å². The smallest absolute Gasteiger partial charge is 0.293 e. The van der Waals surface area contributed by atoms with Gasteiger partial charge >= 0.3 is 0 Å². The van der Waals surface area contributed by atoms with E-state index in [1.54, 1.807) is 24.1 Å². The summed E-state index contributed by atoms with van der Waals surface area (Å²) < 4.78 is 32.0. The lowest BCUT2D eigenvalue weighted by Gasteiger charge is -2.26. The summed E-state index contributed by atoms with van der Waals surface area (Å²) in [5, 5.41) is 12.2. The zero-order chi connectivity index (χ0) is 20.3. The number of hydrogen-bond donors (Lipinski definition) is 0. The molecule has 0 atom stereocenters. The third kappa shape index (κ3) is 4.27. The molecule has 3 rings (SSSR count). The number of nitro benzene ring substituents is 1. The predicted molar refractivity (Wildman–Crippen MR) is 106 cm³/mol. The third-order valence-electron chi connectivity index (χ3n) is 4.53. The van der Waals surface area contributed by atoms with Gasteiger partial charge in [-0.3, -0.25) is 10.1 Å². The van der Waals surface area contributed by atoms with Crippen molar-refractivity contribution in [1.29, 1.82) is 0 Å². The average molecular weight is 426 g/mol. The molecule has 1 heterocycles. The maximum atomic E-state index is 12.8. The summed E-state index contributed by atoms with van der Waals surface area (Å²) >= 11 is 6.17. The molecule has 1 aliphatic heterocycles. The van der Waals surface area contributed by atoms with Crippen LogP contribution >= 0.6 is 11.6 Å². The van der Waals surface area contributed by atoms with E-state index in [0.717, 1.165) is 11.6 Å². The van der Waals surface area contributed by atoms with Gasteiger partial charge in [0.15, 0.2) is 0 Å². The summed E-state index contributed by atoms with van der Waals surface area (Å²) in [5.41, 5.74) is 0.848. The molecular weight excluding hydrogens is 406 g/mol. The van der Waals surface area contributed by atoms with E-state index in [-0.39, 0.29) is 23.7 Å². The molecule has 0 N–H and O–H groups in total. The van der Waals surface area contributed by atoms with Crippen LogP contribution < -0.4 is 4.90 Å². The van der Waals surface area contributed by atoms with Crippen molar-refractivity contribution in [1.82, 2.24) is 4.31 Å². The number of hydrogen-bond acceptors (Lipinski definition) is 6. The Balaban J connectivity index is 1.93. The molecule has 0 unspecified atom stereocenters. The molecule has 0 bridgehead atoms. The molecule has 1 fully saturated rings. The minimum absolute atomic E-state index is 0.101. The van der Waals surface area contributed by atoms with Crippen LogP contribution in [0.2, 0.25) is 5.02 Å². The van der Waals surface area contributed by atoms with Crippen molar-refractivity contribution in [2.75, 3.05) is 38.3 Å². The fourth-order valence-electron chi connectivity index (χ4n) is 3.04. The van der Waals surface area contributed by atoms with Gasteiger partial charge in [-0.15, -0.1) is 0 Å². The fraction of sp³-hybridized carbons (Fsp3) is 0.333. The van der Waals surface area contributed by atoms with Crippen molar-refractivity contribution in [3.05, 3.63) is 63.2 Å². The van der Waals surface area contributed by atoms with E-state index in [0.29, 0.717) is 30.5 Å². The Kier molecular flexibility index (Phi) is 6.19. The first-order chi connectivity index (χ1) is 13.3. The van der Waals surface area contributed by atoms with Crippen LogP contribution in [0.15, 0.2) is 47.4 Å². The number of ether oxygens (including phenoxy) is 1. The summed E-state index contributed by atoms with van der Waals surface area (Å²) in [6.07, 6.45) is 0. The normalized spacial score (nSPS) is 15.4. The number of benzene rings is 2. The summed E-state index contributed by atoms with van der Waals surface area (Å²) in [7, 11) is -2.12. The molecule has 2 aromatic rings. The largest absolute Gasteiger partial charge is 0.379 e. The van der Waals surface area contributed by atoms with E-state index in [9.17, 15) is 18.5 Å². The second-order valence-electron chi connectivity index (χ2n) is 6.37. The number of anilines is 1. The van der Waals surface area contributed by atoms with Crippen molar-refractivity contribution >= 4 is 33.0 Å². The number of nitrogens with zero attached hydrogens (tertiary/aromatic N) is 3. The molecule has 1 aliphatic rings. The number of sulfonamides is 1. The second-order valence-corrected chi connectivity index (χ2v) is 8.72. The zero-order valence-corrected chi connectivity index (χ0v) is 16.8. The van der Waals surface area contributed by atoms with Gasteiger partial charge in [-0.05, 0) is 23.8 Å². The van der Waals surface area contributed by atoms with Crippen molar-refractivity contribution < 1.29 is 18.1 Å². The first-order valence-corrected chi connectivity index (χ1v) is 10.4. The molecule has 8 nitrogen and oxygen atoms in total. The summed E-state index contributed by atoms with van der Waals surface area (Å²) in [5.74, 6) is 0. The lowest BCUT2D eigenvalue weighted by molar-refractivity contribution is -0.384. The molecular formula is C18H20ClN3O5S. The highest BCUT2D eigenvalue weighted by Crippen LogP contribution is 2.32. The van der Waals surface area contributed by atoms with Gasteiger partial charge in [-0.25, -0.2) is 8.42 Å². The molecule has 0 aromatic heterocycles. The van der Waals surface area contributed by atoms with Crippen LogP contribution in [0.1, 0.15) is 5.56 Å². The van der Waals surface area contributed by atoms with E-state index < -0.39 is 14.9 Å². The van der Waals surface area contributed by atoms with Crippen LogP contribution in [0.25, 0.3) is 0 Å². The SMILES string of the molecule is CN(Cc1ccccc1Cl)c1ccc(S(=O)(=O)N2CCOCC2)cc1[N+](=O)[O-]. The Hall–Kier alpha value is -2.20. The Morgan fingerprint density at radius 3 is 2.54 bits per heavy atom. The molecule has 0 spiro atoms. The van der Waals surface area contributed by atoms with E-state index in [1.807, 2.05) is 12.1 Å².